The van der Waals surface area contributed by atoms with Gasteiger partial charge >= 0.3 is 0 Å². The number of rotatable bonds is 5. The molecule has 3 N–H and O–H groups in total. The Kier molecular flexibility index (Phi) is 4.12. The van der Waals surface area contributed by atoms with E-state index in [2.05, 4.69) is 25.4 Å². The third kappa shape index (κ3) is 2.93. The molecule has 0 saturated carbocycles. The lowest BCUT2D eigenvalue weighted by Crippen LogP contribution is -2.44. The van der Waals surface area contributed by atoms with Gasteiger partial charge in [-0.25, -0.2) is 0 Å². The molecule has 0 unspecified atom stereocenters. The minimum Gasteiger partial charge on any atom is -0.396 e. The maximum absolute atomic E-state index is 8.69. The summed E-state index contributed by atoms with van der Waals surface area (Å²) in [5.41, 5.74) is 0. The number of hydrogen-bond acceptors (Lipinski definition) is 5. The molecule has 0 aromatic carbocycles. The number of piperazine rings is 1. The van der Waals surface area contributed by atoms with Gasteiger partial charge in [0.25, 0.3) is 0 Å². The van der Waals surface area contributed by atoms with E-state index >= 15 is 0 Å². The average Bonchev–Trinajstić information content (AvgIpc) is 2.79. The fraction of sp³-hybridized carbons (Fsp3) is 0.800. The fourth-order valence-electron chi connectivity index (χ4n) is 1.81. The standard InChI is InChI=1S/C10H19N5O/c16-8-2-1-3-9-12-10(14-13-9)15-6-4-11-5-7-15/h11,16H,1-8H2,(H,12,13,14). The van der Waals surface area contributed by atoms with Crippen molar-refractivity contribution in [3.63, 3.8) is 0 Å². The van der Waals surface area contributed by atoms with Crippen LogP contribution in [-0.4, -0.2) is 53.1 Å². The lowest BCUT2D eigenvalue weighted by atomic mass is 10.2. The first-order valence-electron chi connectivity index (χ1n) is 5.88. The van der Waals surface area contributed by atoms with Gasteiger partial charge < -0.3 is 15.3 Å². The smallest absolute Gasteiger partial charge is 0.244 e. The van der Waals surface area contributed by atoms with E-state index in [9.17, 15) is 0 Å². The second-order valence-corrected chi connectivity index (χ2v) is 4.00. The molecule has 1 aromatic rings. The van der Waals surface area contributed by atoms with Crippen LogP contribution in [-0.2, 0) is 6.42 Å². The number of nitrogens with one attached hydrogen (secondary N) is 2. The normalized spacial score (nSPS) is 16.7. The van der Waals surface area contributed by atoms with E-state index in [1.807, 2.05) is 0 Å². The van der Waals surface area contributed by atoms with Gasteiger partial charge in [0, 0.05) is 39.2 Å². The number of aromatic nitrogens is 3. The van der Waals surface area contributed by atoms with E-state index in [0.29, 0.717) is 0 Å². The Morgan fingerprint density at radius 1 is 1.25 bits per heavy atom. The minimum absolute atomic E-state index is 0.249. The van der Waals surface area contributed by atoms with Crippen molar-refractivity contribution < 1.29 is 5.11 Å². The largest absolute Gasteiger partial charge is 0.396 e. The monoisotopic (exact) mass is 225 g/mol. The molecule has 1 aliphatic heterocycles. The highest BCUT2D eigenvalue weighted by molar-refractivity contribution is 5.29. The Morgan fingerprint density at radius 3 is 2.81 bits per heavy atom. The third-order valence-electron chi connectivity index (χ3n) is 2.74. The summed E-state index contributed by atoms with van der Waals surface area (Å²) in [7, 11) is 0. The van der Waals surface area contributed by atoms with Gasteiger partial charge in [0.05, 0.1) is 0 Å². The fourth-order valence-corrected chi connectivity index (χ4v) is 1.81. The number of aryl methyl sites for hydroxylation is 1. The Hall–Kier alpha value is -1.14. The summed E-state index contributed by atoms with van der Waals surface area (Å²) in [5, 5.41) is 19.2. The molecule has 0 spiro atoms. The number of aliphatic hydroxyl groups excluding tert-OH is 1. The molecule has 1 aromatic heterocycles. The molecule has 2 heterocycles. The molecule has 0 radical (unpaired) electrons. The predicted molar refractivity (Wildman–Crippen MR) is 61.5 cm³/mol. The second kappa shape index (κ2) is 5.81. The van der Waals surface area contributed by atoms with Crippen molar-refractivity contribution in [2.24, 2.45) is 0 Å². The summed E-state index contributed by atoms with van der Waals surface area (Å²) in [6.45, 7) is 4.17. The van der Waals surface area contributed by atoms with Crippen LogP contribution in [0.1, 0.15) is 18.7 Å². The summed E-state index contributed by atoms with van der Waals surface area (Å²) in [6.07, 6.45) is 2.63. The molecular weight excluding hydrogens is 206 g/mol. The number of aliphatic hydroxyl groups is 1. The van der Waals surface area contributed by atoms with Gasteiger partial charge in [0.1, 0.15) is 5.82 Å². The van der Waals surface area contributed by atoms with E-state index < -0.39 is 0 Å². The van der Waals surface area contributed by atoms with E-state index in [1.165, 1.54) is 0 Å². The molecule has 0 bridgehead atoms. The molecule has 0 atom stereocenters. The summed E-state index contributed by atoms with van der Waals surface area (Å²) in [4.78, 5) is 6.64. The van der Waals surface area contributed by atoms with Gasteiger partial charge in [-0.15, -0.1) is 5.10 Å². The number of H-pyrrole nitrogens is 1. The van der Waals surface area contributed by atoms with Crippen LogP contribution in [0.5, 0.6) is 0 Å². The highest BCUT2D eigenvalue weighted by Gasteiger charge is 2.14. The maximum atomic E-state index is 8.69. The average molecular weight is 225 g/mol. The van der Waals surface area contributed by atoms with Crippen LogP contribution < -0.4 is 10.2 Å². The number of unbranched alkanes of at least 4 members (excludes halogenated alkanes) is 1. The zero-order valence-corrected chi connectivity index (χ0v) is 9.45. The SMILES string of the molecule is OCCCCc1nc(N2CCNCC2)n[nH]1. The molecule has 6 nitrogen and oxygen atoms in total. The zero-order chi connectivity index (χ0) is 11.2. The first-order valence-corrected chi connectivity index (χ1v) is 5.88. The Labute approximate surface area is 95.1 Å². The molecule has 1 fully saturated rings. The summed E-state index contributed by atoms with van der Waals surface area (Å²) in [6, 6.07) is 0. The van der Waals surface area contributed by atoms with E-state index in [4.69, 9.17) is 5.11 Å². The van der Waals surface area contributed by atoms with Crippen molar-refractivity contribution in [2.75, 3.05) is 37.7 Å². The van der Waals surface area contributed by atoms with Crippen molar-refractivity contribution in [3.8, 4) is 0 Å². The van der Waals surface area contributed by atoms with Gasteiger partial charge in [0.2, 0.25) is 5.95 Å². The number of anilines is 1. The highest BCUT2D eigenvalue weighted by Crippen LogP contribution is 2.09. The quantitative estimate of drug-likeness (QED) is 0.591. The molecule has 90 valence electrons. The molecule has 1 saturated heterocycles. The summed E-state index contributed by atoms with van der Waals surface area (Å²) >= 11 is 0. The number of hydrogen-bond donors (Lipinski definition) is 3. The summed E-state index contributed by atoms with van der Waals surface area (Å²) < 4.78 is 0. The number of aromatic amines is 1. The van der Waals surface area contributed by atoms with Crippen molar-refractivity contribution in [3.05, 3.63) is 5.82 Å². The van der Waals surface area contributed by atoms with Gasteiger partial charge in [0.15, 0.2) is 0 Å². The van der Waals surface area contributed by atoms with Crippen LogP contribution in [0.3, 0.4) is 0 Å². The molecular formula is C10H19N5O. The highest BCUT2D eigenvalue weighted by atomic mass is 16.2. The van der Waals surface area contributed by atoms with Gasteiger partial charge in [-0.3, -0.25) is 5.10 Å². The van der Waals surface area contributed by atoms with Crippen LogP contribution in [0.2, 0.25) is 0 Å². The van der Waals surface area contributed by atoms with Crippen LogP contribution in [0.15, 0.2) is 0 Å². The first-order chi connectivity index (χ1) is 7.90. The number of nitrogens with zero attached hydrogens (tertiary/aromatic N) is 3. The minimum atomic E-state index is 0.249. The van der Waals surface area contributed by atoms with Gasteiger partial charge in [-0.2, -0.15) is 4.98 Å². The lowest BCUT2D eigenvalue weighted by molar-refractivity contribution is 0.284. The van der Waals surface area contributed by atoms with Crippen LogP contribution in [0.25, 0.3) is 0 Å². The van der Waals surface area contributed by atoms with Crippen LogP contribution in [0.4, 0.5) is 5.95 Å². The molecule has 6 heteroatoms. The van der Waals surface area contributed by atoms with E-state index in [1.54, 1.807) is 0 Å². The van der Waals surface area contributed by atoms with Crippen molar-refractivity contribution in [1.29, 1.82) is 0 Å². The topological polar surface area (TPSA) is 77.1 Å². The molecule has 1 aliphatic rings. The van der Waals surface area contributed by atoms with Gasteiger partial charge in [-0.05, 0) is 12.8 Å². The summed E-state index contributed by atoms with van der Waals surface area (Å²) in [5.74, 6) is 1.72. The zero-order valence-electron chi connectivity index (χ0n) is 9.45. The Balaban J connectivity index is 1.85. The maximum Gasteiger partial charge on any atom is 0.244 e. The van der Waals surface area contributed by atoms with Crippen molar-refractivity contribution in [1.82, 2.24) is 20.5 Å². The van der Waals surface area contributed by atoms with E-state index in [0.717, 1.165) is 57.2 Å². The van der Waals surface area contributed by atoms with Crippen molar-refractivity contribution >= 4 is 5.95 Å². The lowest BCUT2D eigenvalue weighted by Gasteiger charge is -2.25. The van der Waals surface area contributed by atoms with E-state index in [-0.39, 0.29) is 6.61 Å². The molecule has 0 aliphatic carbocycles. The van der Waals surface area contributed by atoms with Gasteiger partial charge in [-0.1, -0.05) is 0 Å². The molecule has 2 rings (SSSR count). The first kappa shape index (κ1) is 11.3. The molecule has 16 heavy (non-hydrogen) atoms. The Morgan fingerprint density at radius 2 is 2.06 bits per heavy atom. The molecule has 0 amide bonds. The third-order valence-corrected chi connectivity index (χ3v) is 2.74. The van der Waals surface area contributed by atoms with Crippen LogP contribution >= 0.6 is 0 Å². The Bertz CT molecular complexity index is 308. The predicted octanol–water partition coefficient (Wildman–Crippen LogP) is -0.471. The second-order valence-electron chi connectivity index (χ2n) is 4.00. The van der Waals surface area contributed by atoms with Crippen molar-refractivity contribution in [2.45, 2.75) is 19.3 Å². The van der Waals surface area contributed by atoms with Crippen LogP contribution in [0, 0.1) is 0 Å².